The number of carbonyl (C=O) groups excluding carboxylic acids is 1. The highest BCUT2D eigenvalue weighted by Gasteiger charge is 2.27. The predicted octanol–water partition coefficient (Wildman–Crippen LogP) is 3.94. The molecule has 1 amide bonds. The third-order valence-corrected chi connectivity index (χ3v) is 4.60. The summed E-state index contributed by atoms with van der Waals surface area (Å²) in [6.07, 6.45) is 6.91. The van der Waals surface area contributed by atoms with Gasteiger partial charge in [-0.1, -0.05) is 38.3 Å². The molecule has 24 heavy (non-hydrogen) atoms. The van der Waals surface area contributed by atoms with Gasteiger partial charge in [-0.25, -0.2) is 0 Å². The zero-order valence-corrected chi connectivity index (χ0v) is 15.8. The molecule has 2 rings (SSSR count). The molecule has 1 aliphatic rings. The predicted molar refractivity (Wildman–Crippen MR) is 104 cm³/mol. The van der Waals surface area contributed by atoms with E-state index in [1.807, 2.05) is 19.1 Å². The second-order valence-electron chi connectivity index (χ2n) is 7.01. The van der Waals surface area contributed by atoms with E-state index in [2.05, 4.69) is 22.3 Å². The lowest BCUT2D eigenvalue weighted by Crippen LogP contribution is -2.48. The summed E-state index contributed by atoms with van der Waals surface area (Å²) in [4.78, 5) is 14.7. The minimum atomic E-state index is -0.806. The lowest BCUT2D eigenvalue weighted by Gasteiger charge is -2.23. The number of halogens is 1. The van der Waals surface area contributed by atoms with Crippen molar-refractivity contribution in [1.82, 2.24) is 4.90 Å². The minimum Gasteiger partial charge on any atom is -0.325 e. The number of hydrogen-bond donors (Lipinski definition) is 2. The molecule has 1 atom stereocenters. The SMILES string of the molecule is CCCC(C)(N)C(=O)Nc1ccc(CN2CCCCCC2)cc1.Cl. The Morgan fingerprint density at radius 3 is 2.29 bits per heavy atom. The zero-order valence-electron chi connectivity index (χ0n) is 15.0. The summed E-state index contributed by atoms with van der Waals surface area (Å²) >= 11 is 0. The van der Waals surface area contributed by atoms with E-state index in [9.17, 15) is 4.79 Å². The van der Waals surface area contributed by atoms with E-state index in [4.69, 9.17) is 5.73 Å². The van der Waals surface area contributed by atoms with Crippen molar-refractivity contribution in [3.05, 3.63) is 29.8 Å². The second kappa shape index (κ2) is 10.0. The molecule has 0 radical (unpaired) electrons. The molecule has 1 heterocycles. The van der Waals surface area contributed by atoms with Gasteiger partial charge in [0.05, 0.1) is 5.54 Å². The Bertz CT molecular complexity index is 494. The van der Waals surface area contributed by atoms with Crippen LogP contribution in [-0.4, -0.2) is 29.4 Å². The number of nitrogens with zero attached hydrogens (tertiary/aromatic N) is 1. The van der Waals surface area contributed by atoms with E-state index >= 15 is 0 Å². The Kier molecular flexibility index (Phi) is 8.74. The van der Waals surface area contributed by atoms with Crippen molar-refractivity contribution in [2.24, 2.45) is 5.73 Å². The maximum absolute atomic E-state index is 12.2. The van der Waals surface area contributed by atoms with Crippen molar-refractivity contribution in [3.63, 3.8) is 0 Å². The van der Waals surface area contributed by atoms with Crippen LogP contribution in [0.4, 0.5) is 5.69 Å². The van der Waals surface area contributed by atoms with E-state index in [1.54, 1.807) is 6.92 Å². The van der Waals surface area contributed by atoms with Gasteiger partial charge in [-0.05, 0) is 57.0 Å². The summed E-state index contributed by atoms with van der Waals surface area (Å²) in [7, 11) is 0. The molecule has 0 aliphatic carbocycles. The molecule has 1 aromatic carbocycles. The monoisotopic (exact) mass is 353 g/mol. The highest BCUT2D eigenvalue weighted by molar-refractivity contribution is 5.97. The van der Waals surface area contributed by atoms with Crippen molar-refractivity contribution in [1.29, 1.82) is 0 Å². The summed E-state index contributed by atoms with van der Waals surface area (Å²) in [6, 6.07) is 8.17. The normalized spacial score (nSPS) is 18.1. The number of hydrogen-bond acceptors (Lipinski definition) is 3. The lowest BCUT2D eigenvalue weighted by molar-refractivity contribution is -0.120. The maximum Gasteiger partial charge on any atom is 0.244 e. The number of likely N-dealkylation sites (tertiary alicyclic amines) is 1. The van der Waals surface area contributed by atoms with Crippen LogP contribution in [-0.2, 0) is 11.3 Å². The Labute approximate surface area is 152 Å². The Hall–Kier alpha value is -1.10. The maximum atomic E-state index is 12.2. The van der Waals surface area contributed by atoms with Gasteiger partial charge in [-0.2, -0.15) is 0 Å². The fourth-order valence-electron chi connectivity index (χ4n) is 3.15. The molecule has 136 valence electrons. The quantitative estimate of drug-likeness (QED) is 0.814. The van der Waals surface area contributed by atoms with Gasteiger partial charge in [0.25, 0.3) is 0 Å². The van der Waals surface area contributed by atoms with Crippen LogP contribution in [0, 0.1) is 0 Å². The van der Waals surface area contributed by atoms with Gasteiger partial charge < -0.3 is 11.1 Å². The summed E-state index contributed by atoms with van der Waals surface area (Å²) in [5.74, 6) is -0.111. The summed E-state index contributed by atoms with van der Waals surface area (Å²) in [5, 5.41) is 2.93. The van der Waals surface area contributed by atoms with Crippen molar-refractivity contribution >= 4 is 24.0 Å². The summed E-state index contributed by atoms with van der Waals surface area (Å²) in [6.45, 7) is 7.22. The van der Waals surface area contributed by atoms with Gasteiger partial charge in [0, 0.05) is 12.2 Å². The van der Waals surface area contributed by atoms with Gasteiger partial charge in [0.1, 0.15) is 0 Å². The van der Waals surface area contributed by atoms with Crippen LogP contribution in [0.25, 0.3) is 0 Å². The minimum absolute atomic E-state index is 0. The number of nitrogens with one attached hydrogen (secondary N) is 1. The first-order chi connectivity index (χ1) is 11.0. The number of benzene rings is 1. The zero-order chi connectivity index (χ0) is 16.7. The molecule has 1 fully saturated rings. The number of rotatable bonds is 6. The molecule has 4 nitrogen and oxygen atoms in total. The highest BCUT2D eigenvalue weighted by atomic mass is 35.5. The molecule has 1 aromatic rings. The molecule has 3 N–H and O–H groups in total. The van der Waals surface area contributed by atoms with Crippen LogP contribution in [0.3, 0.4) is 0 Å². The van der Waals surface area contributed by atoms with E-state index in [-0.39, 0.29) is 18.3 Å². The van der Waals surface area contributed by atoms with Crippen LogP contribution in [0.1, 0.15) is 57.9 Å². The fraction of sp³-hybridized carbons (Fsp3) is 0.632. The molecule has 0 aromatic heterocycles. The van der Waals surface area contributed by atoms with Crippen LogP contribution >= 0.6 is 12.4 Å². The van der Waals surface area contributed by atoms with Gasteiger partial charge in [-0.3, -0.25) is 9.69 Å². The largest absolute Gasteiger partial charge is 0.325 e. The average Bonchev–Trinajstić information content (AvgIpc) is 2.78. The first kappa shape index (κ1) is 20.9. The number of carbonyl (C=O) groups is 1. The molecule has 1 saturated heterocycles. The van der Waals surface area contributed by atoms with Crippen molar-refractivity contribution in [3.8, 4) is 0 Å². The van der Waals surface area contributed by atoms with Crippen molar-refractivity contribution < 1.29 is 4.79 Å². The Morgan fingerprint density at radius 1 is 1.17 bits per heavy atom. The second-order valence-corrected chi connectivity index (χ2v) is 7.01. The lowest BCUT2D eigenvalue weighted by atomic mass is 9.96. The van der Waals surface area contributed by atoms with Crippen LogP contribution in [0.5, 0.6) is 0 Å². The first-order valence-electron chi connectivity index (χ1n) is 8.93. The standard InChI is InChI=1S/C19H31N3O.ClH/c1-3-12-19(2,20)18(23)21-17-10-8-16(9-11-17)15-22-13-6-4-5-7-14-22;/h8-11H,3-7,12-15,20H2,1-2H3,(H,21,23);1H. The van der Waals surface area contributed by atoms with Crippen molar-refractivity contribution in [2.75, 3.05) is 18.4 Å². The Morgan fingerprint density at radius 2 is 1.75 bits per heavy atom. The van der Waals surface area contributed by atoms with Gasteiger partial charge in [0.15, 0.2) is 0 Å². The Balaban J connectivity index is 0.00000288. The topological polar surface area (TPSA) is 58.4 Å². The van der Waals surface area contributed by atoms with E-state index in [0.717, 1.165) is 18.7 Å². The molecular formula is C19H32ClN3O. The molecule has 5 heteroatoms. The average molecular weight is 354 g/mol. The molecular weight excluding hydrogens is 322 g/mol. The third kappa shape index (κ3) is 6.42. The van der Waals surface area contributed by atoms with E-state index < -0.39 is 5.54 Å². The van der Waals surface area contributed by atoms with Gasteiger partial charge in [0.2, 0.25) is 5.91 Å². The van der Waals surface area contributed by atoms with Crippen LogP contribution < -0.4 is 11.1 Å². The number of nitrogens with two attached hydrogens (primary N) is 1. The third-order valence-electron chi connectivity index (χ3n) is 4.60. The van der Waals surface area contributed by atoms with Crippen LogP contribution in [0.15, 0.2) is 24.3 Å². The number of amides is 1. The summed E-state index contributed by atoms with van der Waals surface area (Å²) < 4.78 is 0. The molecule has 1 unspecified atom stereocenters. The van der Waals surface area contributed by atoms with E-state index in [0.29, 0.717) is 6.42 Å². The van der Waals surface area contributed by atoms with Gasteiger partial charge >= 0.3 is 0 Å². The number of anilines is 1. The fourth-order valence-corrected chi connectivity index (χ4v) is 3.15. The van der Waals surface area contributed by atoms with Crippen molar-refractivity contribution in [2.45, 2.75) is 64.5 Å². The molecule has 0 spiro atoms. The smallest absolute Gasteiger partial charge is 0.244 e. The molecule has 1 aliphatic heterocycles. The molecule has 0 bridgehead atoms. The van der Waals surface area contributed by atoms with Crippen LogP contribution in [0.2, 0.25) is 0 Å². The van der Waals surface area contributed by atoms with Gasteiger partial charge in [-0.15, -0.1) is 12.4 Å². The van der Waals surface area contributed by atoms with E-state index in [1.165, 1.54) is 44.3 Å². The molecule has 0 saturated carbocycles. The highest BCUT2D eigenvalue weighted by Crippen LogP contribution is 2.17. The first-order valence-corrected chi connectivity index (χ1v) is 8.93. The summed E-state index contributed by atoms with van der Waals surface area (Å²) in [5.41, 5.74) is 7.38.